The molecule has 0 bridgehead atoms. The SMILES string of the molecule is COCCCN(Cc1ccc(C)cc1)Cc1cccn1Cc1ccc(C)cc1. The average molecular weight is 377 g/mol. The predicted molar refractivity (Wildman–Crippen MR) is 116 cm³/mol. The Morgan fingerprint density at radius 3 is 2.11 bits per heavy atom. The molecule has 2 aromatic carbocycles. The molecule has 0 aliphatic heterocycles. The number of aromatic nitrogens is 1. The van der Waals surface area contributed by atoms with E-state index < -0.39 is 0 Å². The van der Waals surface area contributed by atoms with E-state index in [-0.39, 0.29) is 0 Å². The molecule has 3 rings (SSSR count). The molecule has 0 fully saturated rings. The van der Waals surface area contributed by atoms with Crippen molar-refractivity contribution in [1.29, 1.82) is 0 Å². The molecule has 0 amide bonds. The van der Waals surface area contributed by atoms with Gasteiger partial charge in [-0.05, 0) is 43.5 Å². The van der Waals surface area contributed by atoms with Crippen LogP contribution in [0.25, 0.3) is 0 Å². The number of nitrogens with zero attached hydrogens (tertiary/aromatic N) is 2. The molecule has 0 saturated heterocycles. The van der Waals surface area contributed by atoms with E-state index in [1.165, 1.54) is 27.9 Å². The number of rotatable bonds is 10. The Kier molecular flexibility index (Phi) is 7.46. The normalized spacial score (nSPS) is 11.3. The maximum absolute atomic E-state index is 5.27. The standard InChI is InChI=1S/C25H32N2O/c1-21-7-11-23(12-8-21)18-26(15-5-17-28-3)20-25-6-4-16-27(25)19-24-13-9-22(2)10-14-24/h4,6-14,16H,5,15,17-20H2,1-3H3. The number of aryl methyl sites for hydroxylation is 2. The van der Waals surface area contributed by atoms with Gasteiger partial charge in [-0.2, -0.15) is 0 Å². The van der Waals surface area contributed by atoms with Crippen LogP contribution >= 0.6 is 0 Å². The Labute approximate surface area is 169 Å². The van der Waals surface area contributed by atoms with Gasteiger partial charge in [0.15, 0.2) is 0 Å². The zero-order chi connectivity index (χ0) is 19.8. The van der Waals surface area contributed by atoms with E-state index in [1.807, 2.05) is 0 Å². The molecule has 0 saturated carbocycles. The lowest BCUT2D eigenvalue weighted by Crippen LogP contribution is -2.26. The third-order valence-corrected chi connectivity index (χ3v) is 5.13. The van der Waals surface area contributed by atoms with Gasteiger partial charge in [0.05, 0.1) is 0 Å². The van der Waals surface area contributed by atoms with E-state index >= 15 is 0 Å². The van der Waals surface area contributed by atoms with Crippen LogP contribution in [-0.4, -0.2) is 29.7 Å². The van der Waals surface area contributed by atoms with Crippen LogP contribution in [0.5, 0.6) is 0 Å². The summed E-state index contributed by atoms with van der Waals surface area (Å²) in [4.78, 5) is 2.52. The summed E-state index contributed by atoms with van der Waals surface area (Å²) in [6, 6.07) is 22.1. The first kappa shape index (κ1) is 20.4. The van der Waals surface area contributed by atoms with Crippen LogP contribution < -0.4 is 0 Å². The lowest BCUT2D eigenvalue weighted by Gasteiger charge is -2.23. The number of benzene rings is 2. The molecular weight excluding hydrogens is 344 g/mol. The number of hydrogen-bond donors (Lipinski definition) is 0. The molecule has 1 aromatic heterocycles. The summed E-state index contributed by atoms with van der Waals surface area (Å²) in [5, 5.41) is 0. The van der Waals surface area contributed by atoms with Crippen LogP contribution in [0.4, 0.5) is 0 Å². The monoisotopic (exact) mass is 376 g/mol. The van der Waals surface area contributed by atoms with Crippen molar-refractivity contribution in [3.05, 3.63) is 94.8 Å². The molecule has 0 spiro atoms. The molecule has 0 atom stereocenters. The van der Waals surface area contributed by atoms with Gasteiger partial charge in [0.1, 0.15) is 0 Å². The first-order valence-corrected chi connectivity index (χ1v) is 10.1. The van der Waals surface area contributed by atoms with Crippen molar-refractivity contribution in [1.82, 2.24) is 9.47 Å². The second-order valence-corrected chi connectivity index (χ2v) is 7.66. The fraction of sp³-hybridized carbons (Fsp3) is 0.360. The zero-order valence-electron chi connectivity index (χ0n) is 17.4. The van der Waals surface area contributed by atoms with E-state index in [0.29, 0.717) is 0 Å². The summed E-state index contributed by atoms with van der Waals surface area (Å²) < 4.78 is 7.64. The van der Waals surface area contributed by atoms with Crippen molar-refractivity contribution in [2.24, 2.45) is 0 Å². The maximum Gasteiger partial charge on any atom is 0.0474 e. The van der Waals surface area contributed by atoms with E-state index in [9.17, 15) is 0 Å². The molecular formula is C25H32N2O. The third-order valence-electron chi connectivity index (χ3n) is 5.13. The molecule has 0 aliphatic rings. The second-order valence-electron chi connectivity index (χ2n) is 7.66. The van der Waals surface area contributed by atoms with Crippen molar-refractivity contribution >= 4 is 0 Å². The molecule has 1 heterocycles. The highest BCUT2D eigenvalue weighted by Gasteiger charge is 2.10. The molecule has 0 aliphatic carbocycles. The highest BCUT2D eigenvalue weighted by molar-refractivity contribution is 5.23. The van der Waals surface area contributed by atoms with Crippen LogP contribution in [0.1, 0.15) is 34.4 Å². The smallest absolute Gasteiger partial charge is 0.0474 e. The van der Waals surface area contributed by atoms with Gasteiger partial charge >= 0.3 is 0 Å². The Hall–Kier alpha value is -2.36. The first-order valence-electron chi connectivity index (χ1n) is 10.1. The lowest BCUT2D eigenvalue weighted by molar-refractivity contribution is 0.165. The molecule has 0 N–H and O–H groups in total. The molecule has 0 radical (unpaired) electrons. The summed E-state index contributed by atoms with van der Waals surface area (Å²) in [5.74, 6) is 0. The van der Waals surface area contributed by atoms with Crippen LogP contribution in [0, 0.1) is 13.8 Å². The van der Waals surface area contributed by atoms with Crippen molar-refractivity contribution in [3.8, 4) is 0 Å². The largest absolute Gasteiger partial charge is 0.385 e. The summed E-state index contributed by atoms with van der Waals surface area (Å²) in [6.45, 7) is 8.91. The number of ether oxygens (including phenoxy) is 1. The Bertz CT molecular complexity index is 834. The zero-order valence-corrected chi connectivity index (χ0v) is 17.4. The first-order chi connectivity index (χ1) is 13.6. The van der Waals surface area contributed by atoms with Crippen LogP contribution in [-0.2, 0) is 24.4 Å². The maximum atomic E-state index is 5.27. The van der Waals surface area contributed by atoms with Crippen molar-refractivity contribution in [2.45, 2.75) is 39.9 Å². The summed E-state index contributed by atoms with van der Waals surface area (Å²) >= 11 is 0. The van der Waals surface area contributed by atoms with E-state index in [2.05, 4.69) is 90.2 Å². The second kappa shape index (κ2) is 10.3. The predicted octanol–water partition coefficient (Wildman–Crippen LogP) is 5.19. The summed E-state index contributed by atoms with van der Waals surface area (Å²) in [5.41, 5.74) is 6.66. The van der Waals surface area contributed by atoms with E-state index in [1.54, 1.807) is 7.11 Å². The Balaban J connectivity index is 1.70. The van der Waals surface area contributed by atoms with Crippen LogP contribution in [0.15, 0.2) is 66.9 Å². The Morgan fingerprint density at radius 1 is 0.821 bits per heavy atom. The van der Waals surface area contributed by atoms with Gasteiger partial charge < -0.3 is 9.30 Å². The molecule has 3 nitrogen and oxygen atoms in total. The fourth-order valence-corrected chi connectivity index (χ4v) is 3.46. The minimum Gasteiger partial charge on any atom is -0.385 e. The van der Waals surface area contributed by atoms with Crippen molar-refractivity contribution in [2.75, 3.05) is 20.3 Å². The van der Waals surface area contributed by atoms with Gasteiger partial charge in [-0.3, -0.25) is 4.90 Å². The van der Waals surface area contributed by atoms with Gasteiger partial charge in [-0.15, -0.1) is 0 Å². The molecule has 3 heteroatoms. The highest BCUT2D eigenvalue weighted by atomic mass is 16.5. The molecule has 148 valence electrons. The van der Waals surface area contributed by atoms with E-state index in [4.69, 9.17) is 4.74 Å². The summed E-state index contributed by atoms with van der Waals surface area (Å²) in [6.07, 6.45) is 3.23. The molecule has 0 unspecified atom stereocenters. The van der Waals surface area contributed by atoms with Crippen molar-refractivity contribution < 1.29 is 4.74 Å². The van der Waals surface area contributed by atoms with Gasteiger partial charge in [-0.25, -0.2) is 0 Å². The molecule has 28 heavy (non-hydrogen) atoms. The van der Waals surface area contributed by atoms with Gasteiger partial charge in [-0.1, -0.05) is 59.7 Å². The Morgan fingerprint density at radius 2 is 1.46 bits per heavy atom. The molecule has 3 aromatic rings. The minimum absolute atomic E-state index is 0.800. The minimum atomic E-state index is 0.800. The highest BCUT2D eigenvalue weighted by Crippen LogP contribution is 2.15. The average Bonchev–Trinajstić information content (AvgIpc) is 3.12. The van der Waals surface area contributed by atoms with Gasteiger partial charge in [0.2, 0.25) is 0 Å². The van der Waals surface area contributed by atoms with Gasteiger partial charge in [0, 0.05) is 51.8 Å². The quantitative estimate of drug-likeness (QED) is 0.453. The van der Waals surface area contributed by atoms with Crippen LogP contribution in [0.2, 0.25) is 0 Å². The number of hydrogen-bond acceptors (Lipinski definition) is 2. The number of methoxy groups -OCH3 is 1. The van der Waals surface area contributed by atoms with E-state index in [0.717, 1.165) is 39.2 Å². The van der Waals surface area contributed by atoms with Crippen molar-refractivity contribution in [3.63, 3.8) is 0 Å². The van der Waals surface area contributed by atoms with Gasteiger partial charge in [0.25, 0.3) is 0 Å². The van der Waals surface area contributed by atoms with Crippen LogP contribution in [0.3, 0.4) is 0 Å². The fourth-order valence-electron chi connectivity index (χ4n) is 3.46. The lowest BCUT2D eigenvalue weighted by atomic mass is 10.1. The third kappa shape index (κ3) is 6.08. The summed E-state index contributed by atoms with van der Waals surface area (Å²) in [7, 11) is 1.77. The topological polar surface area (TPSA) is 17.4 Å².